The second kappa shape index (κ2) is 24.0. The first kappa shape index (κ1) is 27.0. The van der Waals surface area contributed by atoms with E-state index < -0.39 is 0 Å². The third kappa shape index (κ3) is 23.0. The topological polar surface area (TPSA) is 26.3 Å². The average Bonchev–Trinajstić information content (AvgIpc) is 2.70. The zero-order valence-corrected chi connectivity index (χ0v) is 19.1. The molecule has 0 aromatic rings. The Bertz CT molecular complexity index is 337. The molecule has 0 aliphatic rings. The van der Waals surface area contributed by atoms with Crippen LogP contribution in [0.25, 0.3) is 0 Å². The maximum absolute atomic E-state index is 11.7. The van der Waals surface area contributed by atoms with Gasteiger partial charge >= 0.3 is 5.97 Å². The van der Waals surface area contributed by atoms with Crippen LogP contribution in [0.4, 0.5) is 0 Å². The van der Waals surface area contributed by atoms with E-state index in [2.05, 4.69) is 38.2 Å². The second-order valence-corrected chi connectivity index (χ2v) is 7.96. The van der Waals surface area contributed by atoms with E-state index in [1.807, 2.05) is 0 Å². The number of unbranched alkanes of at least 4 members (excludes halogenated alkanes) is 13. The van der Waals surface area contributed by atoms with Crippen molar-refractivity contribution in [3.63, 3.8) is 0 Å². The quantitative estimate of drug-likeness (QED) is 0.111. The molecule has 0 aliphatic carbocycles. The molecule has 0 aromatic carbocycles. The molecule has 0 rings (SSSR count). The molecule has 2 nitrogen and oxygen atoms in total. The molecule has 0 saturated heterocycles. The summed E-state index contributed by atoms with van der Waals surface area (Å²) in [6, 6.07) is 0. The first-order chi connectivity index (χ1) is 13.8. The molecular weight excluding hydrogens is 344 g/mol. The minimum absolute atomic E-state index is 0.00197. The number of allylic oxidation sites excluding steroid dienone is 4. The molecule has 0 heterocycles. The smallest absolute Gasteiger partial charge is 0.305 e. The van der Waals surface area contributed by atoms with E-state index in [0.717, 1.165) is 19.3 Å². The van der Waals surface area contributed by atoms with Gasteiger partial charge in [0.25, 0.3) is 0 Å². The van der Waals surface area contributed by atoms with Crippen LogP contribution in [-0.2, 0) is 9.53 Å². The molecule has 0 amide bonds. The van der Waals surface area contributed by atoms with Crippen LogP contribution in [0, 0.1) is 0 Å². The summed E-state index contributed by atoms with van der Waals surface area (Å²) < 4.78 is 5.35. The fourth-order valence-corrected chi connectivity index (χ4v) is 3.20. The van der Waals surface area contributed by atoms with Crippen molar-refractivity contribution in [3.05, 3.63) is 24.3 Å². The van der Waals surface area contributed by atoms with Crippen molar-refractivity contribution in [2.75, 3.05) is 6.61 Å². The summed E-state index contributed by atoms with van der Waals surface area (Å²) in [4.78, 5) is 11.7. The summed E-state index contributed by atoms with van der Waals surface area (Å²) in [5, 5.41) is 0. The fraction of sp³-hybridized carbons (Fsp3) is 0.808. The van der Waals surface area contributed by atoms with Crippen molar-refractivity contribution in [1.82, 2.24) is 0 Å². The molecular formula is C26H48O2. The first-order valence-corrected chi connectivity index (χ1v) is 12.3. The Morgan fingerprint density at radius 3 is 1.54 bits per heavy atom. The highest BCUT2D eigenvalue weighted by Gasteiger charge is 2.02. The number of rotatable bonds is 21. The van der Waals surface area contributed by atoms with Gasteiger partial charge in [0, 0.05) is 6.42 Å². The lowest BCUT2D eigenvalue weighted by Crippen LogP contribution is -2.05. The molecule has 28 heavy (non-hydrogen) atoms. The molecule has 0 unspecified atom stereocenters. The lowest BCUT2D eigenvalue weighted by molar-refractivity contribution is -0.143. The largest absolute Gasteiger partial charge is 0.466 e. The van der Waals surface area contributed by atoms with Crippen LogP contribution in [-0.4, -0.2) is 12.6 Å². The van der Waals surface area contributed by atoms with E-state index in [1.54, 1.807) is 0 Å². The summed E-state index contributed by atoms with van der Waals surface area (Å²) in [5.41, 5.74) is 0. The van der Waals surface area contributed by atoms with E-state index in [1.165, 1.54) is 89.9 Å². The minimum atomic E-state index is 0.00197. The molecule has 0 bridgehead atoms. The first-order valence-electron chi connectivity index (χ1n) is 12.3. The van der Waals surface area contributed by atoms with Crippen LogP contribution >= 0.6 is 0 Å². The van der Waals surface area contributed by atoms with Gasteiger partial charge in [0.1, 0.15) is 0 Å². The fourth-order valence-electron chi connectivity index (χ4n) is 3.20. The van der Waals surface area contributed by atoms with Crippen molar-refractivity contribution in [2.24, 2.45) is 0 Å². The zero-order chi connectivity index (χ0) is 20.5. The van der Waals surface area contributed by atoms with Gasteiger partial charge in [0.15, 0.2) is 0 Å². The number of hydrogen-bond acceptors (Lipinski definition) is 2. The Kier molecular flexibility index (Phi) is 23.1. The summed E-state index contributed by atoms with van der Waals surface area (Å²) in [6.07, 6.45) is 30.5. The normalized spacial score (nSPS) is 11.6. The Labute approximate surface area is 176 Å². The molecule has 2 heteroatoms. The third-order valence-electron chi connectivity index (χ3n) is 5.02. The van der Waals surface area contributed by atoms with Gasteiger partial charge in [-0.3, -0.25) is 4.79 Å². The van der Waals surface area contributed by atoms with Gasteiger partial charge in [-0.05, 0) is 51.4 Å². The van der Waals surface area contributed by atoms with E-state index in [-0.39, 0.29) is 5.97 Å². The van der Waals surface area contributed by atoms with Crippen LogP contribution in [0.15, 0.2) is 24.3 Å². The maximum Gasteiger partial charge on any atom is 0.305 e. The zero-order valence-electron chi connectivity index (χ0n) is 19.1. The van der Waals surface area contributed by atoms with Crippen LogP contribution in [0.1, 0.15) is 129 Å². The van der Waals surface area contributed by atoms with Gasteiger partial charge in [-0.15, -0.1) is 0 Å². The highest BCUT2D eigenvalue weighted by atomic mass is 16.5. The Morgan fingerprint density at radius 1 is 0.571 bits per heavy atom. The second-order valence-electron chi connectivity index (χ2n) is 7.96. The van der Waals surface area contributed by atoms with Crippen molar-refractivity contribution in [1.29, 1.82) is 0 Å². The van der Waals surface area contributed by atoms with Gasteiger partial charge in [-0.25, -0.2) is 0 Å². The summed E-state index contributed by atoms with van der Waals surface area (Å²) >= 11 is 0. The third-order valence-corrected chi connectivity index (χ3v) is 5.02. The molecule has 0 spiro atoms. The van der Waals surface area contributed by atoms with E-state index in [9.17, 15) is 4.79 Å². The maximum atomic E-state index is 11.7. The minimum Gasteiger partial charge on any atom is -0.466 e. The number of ether oxygens (including phenoxy) is 1. The molecule has 0 N–H and O–H groups in total. The number of esters is 1. The van der Waals surface area contributed by atoms with Crippen molar-refractivity contribution in [2.45, 2.75) is 129 Å². The molecule has 0 saturated carbocycles. The van der Waals surface area contributed by atoms with Crippen molar-refractivity contribution < 1.29 is 9.53 Å². The van der Waals surface area contributed by atoms with Gasteiger partial charge in [0.2, 0.25) is 0 Å². The lowest BCUT2D eigenvalue weighted by Gasteiger charge is -2.05. The van der Waals surface area contributed by atoms with Crippen LogP contribution < -0.4 is 0 Å². The van der Waals surface area contributed by atoms with Gasteiger partial charge in [-0.2, -0.15) is 0 Å². The van der Waals surface area contributed by atoms with Crippen LogP contribution in [0.5, 0.6) is 0 Å². The van der Waals surface area contributed by atoms with Crippen LogP contribution in [0.3, 0.4) is 0 Å². The highest BCUT2D eigenvalue weighted by Crippen LogP contribution is 2.10. The Hall–Kier alpha value is -1.05. The summed E-state index contributed by atoms with van der Waals surface area (Å²) in [7, 11) is 0. The average molecular weight is 393 g/mol. The van der Waals surface area contributed by atoms with Crippen LogP contribution in [0.2, 0.25) is 0 Å². The molecule has 164 valence electrons. The Balaban J connectivity index is 3.21. The molecule has 0 fully saturated rings. The SMILES string of the molecule is CCC/C=C\CCCCCCCCC(=O)OCCCCCCC/C=C\CCC. The molecule has 0 radical (unpaired) electrons. The van der Waals surface area contributed by atoms with Gasteiger partial charge in [0.05, 0.1) is 6.61 Å². The standard InChI is InChI=1S/C26H48O2/c1-3-5-7-9-11-13-15-16-18-20-22-24-26(27)28-25-23-21-19-17-14-12-10-8-6-4-2/h7-10H,3-6,11-25H2,1-2H3/b9-7-,10-8-. The van der Waals surface area contributed by atoms with Gasteiger partial charge in [-0.1, -0.05) is 95.9 Å². The summed E-state index contributed by atoms with van der Waals surface area (Å²) in [5.74, 6) is 0.00197. The monoisotopic (exact) mass is 392 g/mol. The predicted octanol–water partition coefficient (Wildman–Crippen LogP) is 8.70. The van der Waals surface area contributed by atoms with E-state index >= 15 is 0 Å². The Morgan fingerprint density at radius 2 is 1.00 bits per heavy atom. The number of hydrogen-bond donors (Lipinski definition) is 0. The highest BCUT2D eigenvalue weighted by molar-refractivity contribution is 5.69. The molecule has 0 aromatic heterocycles. The predicted molar refractivity (Wildman–Crippen MR) is 124 cm³/mol. The lowest BCUT2D eigenvalue weighted by atomic mass is 10.1. The number of carbonyl (C=O) groups is 1. The van der Waals surface area contributed by atoms with Crippen molar-refractivity contribution in [3.8, 4) is 0 Å². The van der Waals surface area contributed by atoms with E-state index in [4.69, 9.17) is 4.74 Å². The molecule has 0 aliphatic heterocycles. The van der Waals surface area contributed by atoms with Gasteiger partial charge < -0.3 is 4.74 Å². The number of carbonyl (C=O) groups excluding carboxylic acids is 1. The van der Waals surface area contributed by atoms with E-state index in [0.29, 0.717) is 13.0 Å². The molecule has 0 atom stereocenters. The van der Waals surface area contributed by atoms with Crippen molar-refractivity contribution >= 4 is 5.97 Å². The summed E-state index contributed by atoms with van der Waals surface area (Å²) in [6.45, 7) is 5.05.